The van der Waals surface area contributed by atoms with Gasteiger partial charge in [0.05, 0.1) is 6.10 Å². The molecule has 0 saturated heterocycles. The summed E-state index contributed by atoms with van der Waals surface area (Å²) in [6, 6.07) is 0. The van der Waals surface area contributed by atoms with Crippen LogP contribution in [0.15, 0.2) is 11.6 Å². The number of allylic oxidation sites excluding steroid dienone is 1. The maximum atomic E-state index is 10.7. The van der Waals surface area contributed by atoms with Gasteiger partial charge in [-0.15, -0.1) is 0 Å². The Hall–Kier alpha value is -0.830. The third-order valence-electron chi connectivity index (χ3n) is 2.31. The van der Waals surface area contributed by atoms with E-state index in [1.54, 1.807) is 13.0 Å². The van der Waals surface area contributed by atoms with Crippen molar-refractivity contribution in [2.24, 2.45) is 5.92 Å². The zero-order chi connectivity index (χ0) is 9.14. The van der Waals surface area contributed by atoms with E-state index >= 15 is 0 Å². The average molecular weight is 170 g/mol. The quantitative estimate of drug-likeness (QED) is 0.654. The van der Waals surface area contributed by atoms with Crippen LogP contribution in [0.2, 0.25) is 0 Å². The molecular formula is C9H14O3. The molecule has 0 saturated carbocycles. The van der Waals surface area contributed by atoms with Crippen LogP contribution in [0.3, 0.4) is 0 Å². The Morgan fingerprint density at radius 3 is 2.83 bits per heavy atom. The fourth-order valence-corrected chi connectivity index (χ4v) is 1.65. The van der Waals surface area contributed by atoms with Gasteiger partial charge in [0, 0.05) is 11.5 Å². The lowest BCUT2D eigenvalue weighted by atomic mass is 9.84. The second-order valence-electron chi connectivity index (χ2n) is 3.24. The summed E-state index contributed by atoms with van der Waals surface area (Å²) in [4.78, 5) is 10.7. The van der Waals surface area contributed by atoms with Crippen LogP contribution < -0.4 is 0 Å². The van der Waals surface area contributed by atoms with E-state index in [1.807, 2.05) is 0 Å². The summed E-state index contributed by atoms with van der Waals surface area (Å²) in [5, 5.41) is 18.1. The van der Waals surface area contributed by atoms with Crippen LogP contribution in [0.4, 0.5) is 0 Å². The SMILES string of the molecule is CC(O)C1CCCC=C1C(=O)O. The lowest BCUT2D eigenvalue weighted by molar-refractivity contribution is -0.133. The number of aliphatic carboxylic acids is 1. The normalized spacial score (nSPS) is 26.2. The molecule has 0 bridgehead atoms. The van der Waals surface area contributed by atoms with E-state index in [9.17, 15) is 9.90 Å². The zero-order valence-electron chi connectivity index (χ0n) is 7.16. The molecule has 0 aromatic rings. The highest BCUT2D eigenvalue weighted by molar-refractivity contribution is 5.87. The molecule has 0 aromatic carbocycles. The molecule has 68 valence electrons. The van der Waals surface area contributed by atoms with E-state index < -0.39 is 12.1 Å². The first-order valence-electron chi connectivity index (χ1n) is 4.24. The monoisotopic (exact) mass is 170 g/mol. The van der Waals surface area contributed by atoms with Crippen LogP contribution in [0.5, 0.6) is 0 Å². The third kappa shape index (κ3) is 1.85. The van der Waals surface area contributed by atoms with Crippen molar-refractivity contribution in [3.8, 4) is 0 Å². The maximum absolute atomic E-state index is 10.7. The van der Waals surface area contributed by atoms with Gasteiger partial charge in [-0.3, -0.25) is 0 Å². The molecule has 0 radical (unpaired) electrons. The molecule has 0 fully saturated rings. The summed E-state index contributed by atoms with van der Waals surface area (Å²) >= 11 is 0. The van der Waals surface area contributed by atoms with Gasteiger partial charge in [-0.1, -0.05) is 6.08 Å². The predicted molar refractivity (Wildman–Crippen MR) is 44.7 cm³/mol. The standard InChI is InChI=1S/C9H14O3/c1-6(10)7-4-2-3-5-8(7)9(11)12/h5-7,10H,2-4H2,1H3,(H,11,12). The maximum Gasteiger partial charge on any atom is 0.331 e. The molecule has 1 aliphatic rings. The molecule has 3 heteroatoms. The van der Waals surface area contributed by atoms with Crippen molar-refractivity contribution in [3.63, 3.8) is 0 Å². The van der Waals surface area contributed by atoms with Crippen molar-refractivity contribution in [3.05, 3.63) is 11.6 Å². The number of hydrogen-bond acceptors (Lipinski definition) is 2. The molecule has 12 heavy (non-hydrogen) atoms. The van der Waals surface area contributed by atoms with Crippen molar-refractivity contribution < 1.29 is 15.0 Å². The van der Waals surface area contributed by atoms with Crippen LogP contribution in [-0.4, -0.2) is 22.3 Å². The van der Waals surface area contributed by atoms with E-state index in [-0.39, 0.29) is 5.92 Å². The first-order valence-corrected chi connectivity index (χ1v) is 4.24. The Morgan fingerprint density at radius 1 is 1.75 bits per heavy atom. The molecule has 1 aliphatic carbocycles. The number of hydrogen-bond donors (Lipinski definition) is 2. The highest BCUT2D eigenvalue weighted by Gasteiger charge is 2.26. The molecule has 2 N–H and O–H groups in total. The summed E-state index contributed by atoms with van der Waals surface area (Å²) in [5.41, 5.74) is 0.385. The zero-order valence-corrected chi connectivity index (χ0v) is 7.16. The van der Waals surface area contributed by atoms with Crippen LogP contribution in [0.1, 0.15) is 26.2 Å². The molecule has 0 spiro atoms. The summed E-state index contributed by atoms with van der Waals surface area (Å²) in [6.45, 7) is 1.65. The Kier molecular flexibility index (Phi) is 2.87. The minimum Gasteiger partial charge on any atom is -0.478 e. The minimum atomic E-state index is -0.888. The second-order valence-corrected chi connectivity index (χ2v) is 3.24. The molecule has 0 aromatic heterocycles. The highest BCUT2D eigenvalue weighted by atomic mass is 16.4. The minimum absolute atomic E-state index is 0.170. The first-order chi connectivity index (χ1) is 5.63. The van der Waals surface area contributed by atoms with Gasteiger partial charge >= 0.3 is 5.97 Å². The Labute approximate surface area is 71.7 Å². The summed E-state index contributed by atoms with van der Waals surface area (Å²) in [6.07, 6.45) is 3.77. The smallest absolute Gasteiger partial charge is 0.331 e. The Balaban J connectivity index is 2.78. The Morgan fingerprint density at radius 2 is 2.42 bits per heavy atom. The fourth-order valence-electron chi connectivity index (χ4n) is 1.65. The Bertz CT molecular complexity index is 206. The highest BCUT2D eigenvalue weighted by Crippen LogP contribution is 2.27. The summed E-state index contributed by atoms with van der Waals surface area (Å²) in [7, 11) is 0. The average Bonchev–Trinajstić information content (AvgIpc) is 2.04. The number of carbonyl (C=O) groups is 1. The van der Waals surface area contributed by atoms with Crippen molar-refractivity contribution in [2.45, 2.75) is 32.3 Å². The first kappa shape index (κ1) is 9.26. The number of aliphatic hydroxyl groups is 1. The van der Waals surface area contributed by atoms with E-state index in [0.717, 1.165) is 19.3 Å². The van der Waals surface area contributed by atoms with E-state index in [0.29, 0.717) is 5.57 Å². The van der Waals surface area contributed by atoms with Crippen molar-refractivity contribution >= 4 is 5.97 Å². The molecule has 0 amide bonds. The molecule has 2 atom stereocenters. The number of aliphatic hydroxyl groups excluding tert-OH is 1. The van der Waals surface area contributed by atoms with Gasteiger partial charge in [0.15, 0.2) is 0 Å². The van der Waals surface area contributed by atoms with Crippen LogP contribution in [-0.2, 0) is 4.79 Å². The second kappa shape index (κ2) is 3.72. The van der Waals surface area contributed by atoms with E-state index in [1.165, 1.54) is 0 Å². The predicted octanol–water partition coefficient (Wildman–Crippen LogP) is 1.18. The fraction of sp³-hybridized carbons (Fsp3) is 0.667. The van der Waals surface area contributed by atoms with Crippen LogP contribution in [0, 0.1) is 5.92 Å². The van der Waals surface area contributed by atoms with Gasteiger partial charge in [0.25, 0.3) is 0 Å². The van der Waals surface area contributed by atoms with Crippen LogP contribution in [0.25, 0.3) is 0 Å². The van der Waals surface area contributed by atoms with Gasteiger partial charge in [0.1, 0.15) is 0 Å². The van der Waals surface area contributed by atoms with Gasteiger partial charge in [0.2, 0.25) is 0 Å². The summed E-state index contributed by atoms with van der Waals surface area (Å²) < 4.78 is 0. The van der Waals surface area contributed by atoms with Crippen molar-refractivity contribution in [1.82, 2.24) is 0 Å². The van der Waals surface area contributed by atoms with Crippen molar-refractivity contribution in [1.29, 1.82) is 0 Å². The number of rotatable bonds is 2. The molecule has 0 aliphatic heterocycles. The van der Waals surface area contributed by atoms with Gasteiger partial charge < -0.3 is 10.2 Å². The number of carboxylic acid groups (broad SMARTS) is 1. The van der Waals surface area contributed by atoms with E-state index in [2.05, 4.69) is 0 Å². The largest absolute Gasteiger partial charge is 0.478 e. The third-order valence-corrected chi connectivity index (χ3v) is 2.31. The summed E-state index contributed by atoms with van der Waals surface area (Å²) in [5.74, 6) is -1.06. The lowest BCUT2D eigenvalue weighted by Crippen LogP contribution is -2.25. The molecule has 2 unspecified atom stereocenters. The lowest BCUT2D eigenvalue weighted by Gasteiger charge is -2.23. The number of carboxylic acids is 1. The van der Waals surface area contributed by atoms with Gasteiger partial charge in [-0.05, 0) is 26.2 Å². The molecule has 1 rings (SSSR count). The molecule has 3 nitrogen and oxygen atoms in total. The van der Waals surface area contributed by atoms with Crippen molar-refractivity contribution in [2.75, 3.05) is 0 Å². The molecule has 0 heterocycles. The van der Waals surface area contributed by atoms with E-state index in [4.69, 9.17) is 5.11 Å². The van der Waals surface area contributed by atoms with Crippen LogP contribution >= 0.6 is 0 Å². The molecular weight excluding hydrogens is 156 g/mol. The van der Waals surface area contributed by atoms with Gasteiger partial charge in [-0.25, -0.2) is 4.79 Å². The van der Waals surface area contributed by atoms with Gasteiger partial charge in [-0.2, -0.15) is 0 Å². The topological polar surface area (TPSA) is 57.5 Å².